The molecule has 5 heteroatoms. The van der Waals surface area contributed by atoms with Gasteiger partial charge in [0.25, 0.3) is 0 Å². The second-order valence-corrected chi connectivity index (χ2v) is 11.2. The summed E-state index contributed by atoms with van der Waals surface area (Å²) in [6.07, 6.45) is 1.95. The lowest BCUT2D eigenvalue weighted by Gasteiger charge is -2.50. The van der Waals surface area contributed by atoms with Crippen LogP contribution in [0.2, 0.25) is 0 Å². The highest BCUT2D eigenvalue weighted by atomic mass is 32.1. The molecule has 32 heavy (non-hydrogen) atoms. The fourth-order valence-corrected chi connectivity index (χ4v) is 5.57. The normalized spacial score (nSPS) is 17.9. The lowest BCUT2D eigenvalue weighted by Crippen LogP contribution is -2.63. The number of hydrogen-bond donors (Lipinski definition) is 2. The Morgan fingerprint density at radius 1 is 1.09 bits per heavy atom. The summed E-state index contributed by atoms with van der Waals surface area (Å²) in [6, 6.07) is 13.4. The Bertz CT molecular complexity index is 934. The van der Waals surface area contributed by atoms with Crippen LogP contribution in [-0.2, 0) is 6.54 Å². The summed E-state index contributed by atoms with van der Waals surface area (Å²) >= 11 is 6.00. The van der Waals surface area contributed by atoms with Crippen molar-refractivity contribution >= 4 is 23.0 Å². The number of rotatable bonds is 5. The molecule has 0 unspecified atom stereocenters. The maximum atomic E-state index is 13.5. The van der Waals surface area contributed by atoms with Crippen molar-refractivity contribution in [3.05, 3.63) is 65.0 Å². The van der Waals surface area contributed by atoms with Crippen LogP contribution in [0, 0.1) is 12.7 Å². The van der Waals surface area contributed by atoms with Gasteiger partial charge >= 0.3 is 0 Å². The van der Waals surface area contributed by atoms with Gasteiger partial charge in [-0.25, -0.2) is 4.39 Å². The van der Waals surface area contributed by atoms with Crippen LogP contribution in [0.15, 0.2) is 42.5 Å². The van der Waals surface area contributed by atoms with Gasteiger partial charge in [0.15, 0.2) is 5.11 Å². The highest BCUT2D eigenvalue weighted by Gasteiger charge is 2.40. The smallest absolute Gasteiger partial charge is 0.173 e. The van der Waals surface area contributed by atoms with Gasteiger partial charge in [-0.1, -0.05) is 38.1 Å². The van der Waals surface area contributed by atoms with E-state index in [0.29, 0.717) is 12.5 Å². The fourth-order valence-electron chi connectivity index (χ4n) is 5.24. The maximum absolute atomic E-state index is 13.5. The second-order valence-electron chi connectivity index (χ2n) is 10.8. The first kappa shape index (κ1) is 24.7. The van der Waals surface area contributed by atoms with Crippen molar-refractivity contribution in [2.75, 3.05) is 5.32 Å². The van der Waals surface area contributed by atoms with Crippen LogP contribution in [0.3, 0.4) is 0 Å². The number of piperidine rings is 1. The monoisotopic (exact) mass is 455 g/mol. The Kier molecular flexibility index (Phi) is 7.31. The molecule has 1 aliphatic rings. The molecule has 0 saturated carbocycles. The molecule has 1 saturated heterocycles. The van der Waals surface area contributed by atoms with E-state index in [1.807, 2.05) is 12.1 Å². The number of nitrogens with zero attached hydrogens (tertiary/aromatic N) is 1. The zero-order valence-electron chi connectivity index (χ0n) is 20.6. The maximum Gasteiger partial charge on any atom is 0.173 e. The average Bonchev–Trinajstić information content (AvgIpc) is 2.66. The summed E-state index contributed by atoms with van der Waals surface area (Å²) < 4.78 is 13.5. The summed E-state index contributed by atoms with van der Waals surface area (Å²) in [7, 11) is 0. The van der Waals surface area contributed by atoms with Crippen LogP contribution in [0.5, 0.6) is 0 Å². The number of thiocarbonyl (C=S) groups is 1. The van der Waals surface area contributed by atoms with Crippen LogP contribution in [0.4, 0.5) is 10.1 Å². The van der Waals surface area contributed by atoms with Gasteiger partial charge in [-0.3, -0.25) is 0 Å². The molecule has 0 atom stereocenters. The van der Waals surface area contributed by atoms with Crippen molar-refractivity contribution < 1.29 is 4.39 Å². The van der Waals surface area contributed by atoms with Crippen molar-refractivity contribution in [3.8, 4) is 0 Å². The topological polar surface area (TPSA) is 27.3 Å². The zero-order valence-corrected chi connectivity index (χ0v) is 21.4. The SMILES string of the molecule is Cc1c(NC(=S)N(Cc2ccc(F)cc2)C2CC(C)(C)NC(C)(C)C2)cccc1C(C)C. The van der Waals surface area contributed by atoms with E-state index < -0.39 is 0 Å². The average molecular weight is 456 g/mol. The van der Waals surface area contributed by atoms with Gasteiger partial charge in [0.1, 0.15) is 5.82 Å². The molecule has 0 radical (unpaired) electrons. The minimum absolute atomic E-state index is 0.00342. The Morgan fingerprint density at radius 3 is 2.25 bits per heavy atom. The van der Waals surface area contributed by atoms with E-state index in [2.05, 4.69) is 82.2 Å². The largest absolute Gasteiger partial charge is 0.342 e. The van der Waals surface area contributed by atoms with Crippen molar-refractivity contribution in [2.45, 2.75) is 90.9 Å². The van der Waals surface area contributed by atoms with E-state index >= 15 is 0 Å². The summed E-state index contributed by atoms with van der Waals surface area (Å²) in [5.74, 6) is 0.234. The predicted octanol–water partition coefficient (Wildman–Crippen LogP) is 6.77. The van der Waals surface area contributed by atoms with E-state index in [-0.39, 0.29) is 22.9 Å². The molecular weight excluding hydrogens is 417 g/mol. The highest BCUT2D eigenvalue weighted by Crippen LogP contribution is 2.33. The number of benzene rings is 2. The molecule has 0 bridgehead atoms. The van der Waals surface area contributed by atoms with Gasteiger partial charge in [0, 0.05) is 29.4 Å². The zero-order chi connectivity index (χ0) is 23.7. The van der Waals surface area contributed by atoms with Crippen LogP contribution < -0.4 is 10.6 Å². The first-order valence-electron chi connectivity index (χ1n) is 11.6. The lowest BCUT2D eigenvalue weighted by atomic mass is 9.79. The molecule has 0 spiro atoms. The fraction of sp³-hybridized carbons (Fsp3) is 0.519. The van der Waals surface area contributed by atoms with Crippen LogP contribution in [0.1, 0.15) is 77.0 Å². The first-order chi connectivity index (χ1) is 14.9. The molecule has 2 aromatic rings. The standard InChI is InChI=1S/C27H38FN3S/c1-18(2)23-9-8-10-24(19(23)3)29-25(32)31(17-20-11-13-21(28)14-12-20)22-15-26(4,5)30-27(6,7)16-22/h8-14,18,22,30H,15-17H2,1-7H3,(H,29,32). The molecule has 174 valence electrons. The predicted molar refractivity (Wildman–Crippen MR) is 138 cm³/mol. The third-order valence-corrected chi connectivity index (χ3v) is 6.71. The van der Waals surface area contributed by atoms with E-state index in [4.69, 9.17) is 12.2 Å². The minimum Gasteiger partial charge on any atom is -0.342 e. The Hall–Kier alpha value is -1.98. The molecule has 1 heterocycles. The van der Waals surface area contributed by atoms with E-state index in [1.54, 1.807) is 0 Å². The van der Waals surface area contributed by atoms with Crippen LogP contribution >= 0.6 is 12.2 Å². The number of nitrogens with one attached hydrogen (secondary N) is 2. The number of anilines is 1. The molecule has 1 aliphatic heterocycles. The van der Waals surface area contributed by atoms with Gasteiger partial charge in [0.2, 0.25) is 0 Å². The summed E-state index contributed by atoms with van der Waals surface area (Å²) in [6.45, 7) is 16.2. The molecule has 2 aromatic carbocycles. The Balaban J connectivity index is 1.92. The van der Waals surface area contributed by atoms with E-state index in [9.17, 15) is 4.39 Å². The number of hydrogen-bond acceptors (Lipinski definition) is 2. The van der Waals surface area contributed by atoms with E-state index in [0.717, 1.165) is 29.2 Å². The van der Waals surface area contributed by atoms with Crippen molar-refractivity contribution in [1.29, 1.82) is 0 Å². The van der Waals surface area contributed by atoms with Gasteiger partial charge < -0.3 is 15.5 Å². The van der Waals surface area contributed by atoms with Gasteiger partial charge in [-0.15, -0.1) is 0 Å². The van der Waals surface area contributed by atoms with Gasteiger partial charge in [-0.05, 0) is 100 Å². The summed E-state index contributed by atoms with van der Waals surface area (Å²) in [4.78, 5) is 2.30. The van der Waals surface area contributed by atoms with Gasteiger partial charge in [0.05, 0.1) is 0 Å². The third-order valence-electron chi connectivity index (χ3n) is 6.38. The quantitative estimate of drug-likeness (QED) is 0.487. The first-order valence-corrected chi connectivity index (χ1v) is 12.0. The molecule has 0 amide bonds. The molecular formula is C27H38FN3S. The van der Waals surface area contributed by atoms with Crippen LogP contribution in [-0.4, -0.2) is 27.1 Å². The number of halogens is 1. The Labute approximate surface area is 198 Å². The van der Waals surface area contributed by atoms with Crippen LogP contribution in [0.25, 0.3) is 0 Å². The van der Waals surface area contributed by atoms with Gasteiger partial charge in [-0.2, -0.15) is 0 Å². The summed E-state index contributed by atoms with van der Waals surface area (Å²) in [5, 5.41) is 8.04. The van der Waals surface area contributed by atoms with Crippen molar-refractivity contribution in [1.82, 2.24) is 10.2 Å². The lowest BCUT2D eigenvalue weighted by molar-refractivity contribution is 0.101. The molecule has 3 nitrogen and oxygen atoms in total. The van der Waals surface area contributed by atoms with Crippen molar-refractivity contribution in [3.63, 3.8) is 0 Å². The Morgan fingerprint density at radius 2 is 1.69 bits per heavy atom. The third kappa shape index (κ3) is 6.08. The molecule has 3 rings (SSSR count). The molecule has 1 fully saturated rings. The minimum atomic E-state index is -0.216. The summed E-state index contributed by atoms with van der Waals surface area (Å²) in [5.41, 5.74) is 4.66. The van der Waals surface area contributed by atoms with E-state index in [1.165, 1.54) is 23.3 Å². The molecule has 2 N–H and O–H groups in total. The second kappa shape index (κ2) is 9.48. The van der Waals surface area contributed by atoms with Crippen molar-refractivity contribution in [2.24, 2.45) is 0 Å². The molecule has 0 aliphatic carbocycles. The highest BCUT2D eigenvalue weighted by molar-refractivity contribution is 7.80. The molecule has 0 aromatic heterocycles.